The van der Waals surface area contributed by atoms with Crippen LogP contribution in [-0.2, 0) is 18.3 Å². The summed E-state index contributed by atoms with van der Waals surface area (Å²) in [4.78, 5) is 18.1. The first kappa shape index (κ1) is 21.2. The number of nitrogens with zero attached hydrogens (tertiary/aromatic N) is 1. The molecule has 0 saturated heterocycles. The molecule has 0 aromatic carbocycles. The molecule has 1 aromatic heterocycles. The number of H-pyrrole nitrogens is 1. The fourth-order valence-electron chi connectivity index (χ4n) is 1.69. The molecular formula is C14H25N2O6PS. The molecule has 0 amide bonds. The maximum absolute atomic E-state index is 12.5. The van der Waals surface area contributed by atoms with Crippen LogP contribution in [0.5, 0.6) is 5.88 Å². The van der Waals surface area contributed by atoms with E-state index in [0.717, 1.165) is 0 Å². The van der Waals surface area contributed by atoms with Gasteiger partial charge in [0.25, 0.3) is 5.56 Å². The highest BCUT2D eigenvalue weighted by Gasteiger charge is 2.28. The van der Waals surface area contributed by atoms with E-state index in [-0.39, 0.29) is 43.2 Å². The van der Waals surface area contributed by atoms with E-state index < -0.39 is 7.60 Å². The Hall–Kier alpha value is -0.860. The van der Waals surface area contributed by atoms with Crippen LogP contribution >= 0.6 is 19.4 Å². The van der Waals surface area contributed by atoms with Gasteiger partial charge in [-0.25, -0.2) is 0 Å². The molecule has 0 spiro atoms. The molecule has 0 fully saturated rings. The third-order valence-corrected chi connectivity index (χ3v) is 4.92. The molecular weight excluding hydrogens is 355 g/mol. The lowest BCUT2D eigenvalue weighted by Crippen LogP contribution is -2.15. The van der Waals surface area contributed by atoms with E-state index >= 15 is 0 Å². The van der Waals surface area contributed by atoms with Crippen molar-refractivity contribution in [1.82, 2.24) is 9.97 Å². The van der Waals surface area contributed by atoms with Gasteiger partial charge in [-0.2, -0.15) is 4.98 Å². The maximum atomic E-state index is 12.5. The molecule has 0 aliphatic carbocycles. The van der Waals surface area contributed by atoms with Crippen LogP contribution in [0.1, 0.15) is 27.7 Å². The second-order valence-electron chi connectivity index (χ2n) is 5.40. The summed E-state index contributed by atoms with van der Waals surface area (Å²) in [6.07, 6.45) is 1.16. The van der Waals surface area contributed by atoms with Gasteiger partial charge in [-0.15, -0.1) is 0 Å². The Morgan fingerprint density at radius 1 is 1.21 bits per heavy atom. The van der Waals surface area contributed by atoms with Crippen LogP contribution in [0.25, 0.3) is 0 Å². The molecule has 1 aromatic rings. The largest absolute Gasteiger partial charge is 0.475 e. The molecule has 0 aliphatic rings. The minimum atomic E-state index is -3.32. The van der Waals surface area contributed by atoms with Crippen molar-refractivity contribution in [3.8, 4) is 5.88 Å². The zero-order chi connectivity index (χ0) is 18.2. The van der Waals surface area contributed by atoms with E-state index in [1.54, 1.807) is 34.0 Å². The second kappa shape index (κ2) is 10.2. The van der Waals surface area contributed by atoms with Gasteiger partial charge in [0.05, 0.1) is 24.9 Å². The van der Waals surface area contributed by atoms with E-state index in [1.165, 1.54) is 17.8 Å². The summed E-state index contributed by atoms with van der Waals surface area (Å²) in [5, 5.41) is 0.471. The van der Waals surface area contributed by atoms with Crippen LogP contribution in [0, 0.1) is 0 Å². The first-order chi connectivity index (χ1) is 11.2. The van der Waals surface area contributed by atoms with Gasteiger partial charge in [-0.3, -0.25) is 9.36 Å². The first-order valence-corrected chi connectivity index (χ1v) is 10.5. The summed E-state index contributed by atoms with van der Waals surface area (Å²) < 4.78 is 34.0. The minimum Gasteiger partial charge on any atom is -0.475 e. The van der Waals surface area contributed by atoms with Crippen molar-refractivity contribution in [3.63, 3.8) is 0 Å². The van der Waals surface area contributed by atoms with Crippen molar-refractivity contribution < 1.29 is 23.1 Å². The summed E-state index contributed by atoms with van der Waals surface area (Å²) in [6, 6.07) is 1.26. The van der Waals surface area contributed by atoms with Crippen LogP contribution in [0.2, 0.25) is 0 Å². The lowest BCUT2D eigenvalue weighted by Gasteiger charge is -2.22. The van der Waals surface area contributed by atoms with Crippen LogP contribution < -0.4 is 10.3 Å². The first-order valence-electron chi connectivity index (χ1n) is 7.56. The molecule has 0 aliphatic heterocycles. The van der Waals surface area contributed by atoms with E-state index in [9.17, 15) is 9.36 Å². The topological polar surface area (TPSA) is 99.7 Å². The molecule has 8 nitrogen and oxygen atoms in total. The van der Waals surface area contributed by atoms with Gasteiger partial charge >= 0.3 is 7.60 Å². The van der Waals surface area contributed by atoms with Gasteiger partial charge in [-0.1, -0.05) is 11.8 Å². The Bertz CT molecular complexity index is 593. The molecule has 1 N–H and O–H groups in total. The predicted molar refractivity (Wildman–Crippen MR) is 93.0 cm³/mol. The predicted octanol–water partition coefficient (Wildman–Crippen LogP) is 2.89. The van der Waals surface area contributed by atoms with E-state index in [1.807, 2.05) is 0 Å². The van der Waals surface area contributed by atoms with Crippen LogP contribution in [0.4, 0.5) is 0 Å². The van der Waals surface area contributed by atoms with Crippen LogP contribution in [0.15, 0.2) is 16.0 Å². The third kappa shape index (κ3) is 8.30. The normalized spacial score (nSPS) is 12.1. The van der Waals surface area contributed by atoms with Crippen molar-refractivity contribution in [2.24, 2.45) is 0 Å². The average Bonchev–Trinajstić information content (AvgIpc) is 2.44. The zero-order valence-corrected chi connectivity index (χ0v) is 16.3. The van der Waals surface area contributed by atoms with Crippen LogP contribution in [0.3, 0.4) is 0 Å². The summed E-state index contributed by atoms with van der Waals surface area (Å²) in [5.41, 5.74) is -0.287. The zero-order valence-electron chi connectivity index (χ0n) is 14.6. The molecule has 24 heavy (non-hydrogen) atoms. The quantitative estimate of drug-likeness (QED) is 0.271. The Balaban J connectivity index is 2.44. The Labute approximate surface area is 146 Å². The van der Waals surface area contributed by atoms with Crippen LogP contribution in [-0.4, -0.2) is 48.0 Å². The molecule has 0 radical (unpaired) electrons. The van der Waals surface area contributed by atoms with Crippen molar-refractivity contribution >= 4 is 19.4 Å². The molecule has 0 unspecified atom stereocenters. The van der Waals surface area contributed by atoms with Crippen molar-refractivity contribution in [2.45, 2.75) is 45.1 Å². The van der Waals surface area contributed by atoms with Crippen molar-refractivity contribution in [2.75, 3.05) is 25.8 Å². The lowest BCUT2D eigenvalue weighted by atomic mass is 10.5. The fourth-order valence-corrected chi connectivity index (χ4v) is 3.89. The van der Waals surface area contributed by atoms with Gasteiger partial charge in [-0.05, 0) is 34.0 Å². The van der Waals surface area contributed by atoms with Gasteiger partial charge in [0.2, 0.25) is 5.88 Å². The monoisotopic (exact) mass is 380 g/mol. The third-order valence-electron chi connectivity index (χ3n) is 2.36. The number of ether oxygens (including phenoxy) is 2. The highest BCUT2D eigenvalue weighted by molar-refractivity contribution is 7.98. The molecule has 0 atom stereocenters. The number of hydrogen-bond donors (Lipinski definition) is 1. The number of aromatic nitrogens is 2. The number of aromatic amines is 1. The standard InChI is InChI=1S/C14H25N2O6PS/c1-10(2)21-23(18,22-11(3)4)9-19-6-7-20-13-8-12(17)15-14(16-13)24-5/h8,10-11H,6-7,9H2,1-5H3,(H,15,16,17). The summed E-state index contributed by atoms with van der Waals surface area (Å²) in [5.74, 6) is 0.215. The highest BCUT2D eigenvalue weighted by atomic mass is 32.2. The summed E-state index contributed by atoms with van der Waals surface area (Å²) in [7, 11) is -3.32. The molecule has 1 rings (SSSR count). The summed E-state index contributed by atoms with van der Waals surface area (Å²) in [6.45, 7) is 7.44. The maximum Gasteiger partial charge on any atom is 0.356 e. The number of thioether (sulfide) groups is 1. The molecule has 0 saturated carbocycles. The Morgan fingerprint density at radius 3 is 2.38 bits per heavy atom. The lowest BCUT2D eigenvalue weighted by molar-refractivity contribution is 0.0843. The molecule has 0 bridgehead atoms. The van der Waals surface area contributed by atoms with E-state index in [0.29, 0.717) is 5.16 Å². The number of hydrogen-bond acceptors (Lipinski definition) is 8. The second-order valence-corrected chi connectivity index (χ2v) is 8.09. The highest BCUT2D eigenvalue weighted by Crippen LogP contribution is 2.50. The Kier molecular flexibility index (Phi) is 9.01. The molecule has 1 heterocycles. The number of nitrogens with one attached hydrogen (secondary N) is 1. The molecule has 10 heteroatoms. The van der Waals surface area contributed by atoms with Crippen molar-refractivity contribution in [1.29, 1.82) is 0 Å². The molecule has 138 valence electrons. The minimum absolute atomic E-state index is 0.160. The number of rotatable bonds is 11. The smallest absolute Gasteiger partial charge is 0.356 e. The van der Waals surface area contributed by atoms with Gasteiger partial charge in [0, 0.05) is 0 Å². The van der Waals surface area contributed by atoms with E-state index in [4.69, 9.17) is 18.5 Å². The van der Waals surface area contributed by atoms with E-state index in [2.05, 4.69) is 9.97 Å². The summed E-state index contributed by atoms with van der Waals surface area (Å²) >= 11 is 1.31. The van der Waals surface area contributed by atoms with Gasteiger partial charge in [0.1, 0.15) is 13.0 Å². The van der Waals surface area contributed by atoms with Crippen molar-refractivity contribution in [3.05, 3.63) is 16.4 Å². The SMILES string of the molecule is CSc1nc(OCCOCP(=O)(OC(C)C)OC(C)C)cc(=O)[nH]1. The van der Waals surface area contributed by atoms with Gasteiger partial charge < -0.3 is 23.5 Å². The fraction of sp³-hybridized carbons (Fsp3) is 0.714. The van der Waals surface area contributed by atoms with Gasteiger partial charge in [0.15, 0.2) is 5.16 Å². The Morgan fingerprint density at radius 2 is 1.83 bits per heavy atom. The average molecular weight is 380 g/mol.